The second-order valence-corrected chi connectivity index (χ2v) is 4.64. The smallest absolute Gasteiger partial charge is 0.341 e. The van der Waals surface area contributed by atoms with Crippen molar-refractivity contribution >= 4 is 5.97 Å². The molecule has 0 radical (unpaired) electrons. The van der Waals surface area contributed by atoms with Crippen LogP contribution in [0.1, 0.15) is 68.0 Å². The molecule has 1 heterocycles. The highest BCUT2D eigenvalue weighted by atomic mass is 16.5. The van der Waals surface area contributed by atoms with Crippen LogP contribution in [0.2, 0.25) is 0 Å². The van der Waals surface area contributed by atoms with Crippen molar-refractivity contribution in [3.63, 3.8) is 0 Å². The highest BCUT2D eigenvalue weighted by Crippen LogP contribution is 2.42. The Labute approximate surface area is 102 Å². The molecular formula is C13H20N2O2. The number of ether oxygens (including phenoxy) is 1. The second kappa shape index (κ2) is 4.90. The number of hydrogen-bond donors (Lipinski definition) is 0. The van der Waals surface area contributed by atoms with Crippen LogP contribution in [0, 0.1) is 0 Å². The summed E-state index contributed by atoms with van der Waals surface area (Å²) in [5, 5.41) is 4.37. The molecule has 1 atom stereocenters. The molecule has 1 saturated carbocycles. The van der Waals surface area contributed by atoms with E-state index in [9.17, 15) is 4.79 Å². The summed E-state index contributed by atoms with van der Waals surface area (Å²) in [6.45, 7) is 6.51. The Hall–Kier alpha value is -1.32. The van der Waals surface area contributed by atoms with Crippen molar-refractivity contribution in [1.82, 2.24) is 9.78 Å². The van der Waals surface area contributed by atoms with E-state index in [1.54, 1.807) is 6.20 Å². The first kappa shape index (κ1) is 12.1. The van der Waals surface area contributed by atoms with Crippen molar-refractivity contribution in [1.29, 1.82) is 0 Å². The van der Waals surface area contributed by atoms with E-state index in [4.69, 9.17) is 4.74 Å². The lowest BCUT2D eigenvalue weighted by Crippen LogP contribution is -2.12. The largest absolute Gasteiger partial charge is 0.462 e. The topological polar surface area (TPSA) is 44.1 Å². The van der Waals surface area contributed by atoms with Crippen molar-refractivity contribution in [2.24, 2.45) is 0 Å². The number of carbonyl (C=O) groups is 1. The van der Waals surface area contributed by atoms with Crippen molar-refractivity contribution < 1.29 is 9.53 Å². The van der Waals surface area contributed by atoms with Gasteiger partial charge in [-0.3, -0.25) is 4.68 Å². The van der Waals surface area contributed by atoms with Crippen LogP contribution in [0.5, 0.6) is 0 Å². The maximum absolute atomic E-state index is 11.8. The molecule has 4 heteroatoms. The molecule has 0 amide bonds. The van der Waals surface area contributed by atoms with Crippen LogP contribution >= 0.6 is 0 Å². The Morgan fingerprint density at radius 1 is 1.59 bits per heavy atom. The zero-order valence-electron chi connectivity index (χ0n) is 10.8. The van der Waals surface area contributed by atoms with Gasteiger partial charge in [0.05, 0.1) is 18.5 Å². The number of esters is 1. The Kier molecular flexibility index (Phi) is 3.50. The van der Waals surface area contributed by atoms with E-state index < -0.39 is 0 Å². The number of aromatic nitrogens is 2. The highest BCUT2D eigenvalue weighted by molar-refractivity contribution is 5.90. The fourth-order valence-electron chi connectivity index (χ4n) is 2.03. The van der Waals surface area contributed by atoms with Gasteiger partial charge in [-0.2, -0.15) is 5.10 Å². The zero-order valence-corrected chi connectivity index (χ0v) is 10.8. The molecule has 1 unspecified atom stereocenters. The lowest BCUT2D eigenvalue weighted by molar-refractivity contribution is 0.0524. The highest BCUT2D eigenvalue weighted by Gasteiger charge is 2.33. The number of rotatable bonds is 5. The minimum absolute atomic E-state index is 0.232. The summed E-state index contributed by atoms with van der Waals surface area (Å²) in [6.07, 6.45) is 5.00. The van der Waals surface area contributed by atoms with Gasteiger partial charge in [0.25, 0.3) is 0 Å². The minimum atomic E-state index is -0.232. The molecule has 0 saturated heterocycles. The first-order chi connectivity index (χ1) is 8.19. The first-order valence-electron chi connectivity index (χ1n) is 6.43. The third-order valence-corrected chi connectivity index (χ3v) is 3.30. The molecule has 0 bridgehead atoms. The monoisotopic (exact) mass is 236 g/mol. The van der Waals surface area contributed by atoms with Gasteiger partial charge in [-0.25, -0.2) is 4.79 Å². The van der Waals surface area contributed by atoms with Crippen LogP contribution in [-0.4, -0.2) is 22.4 Å². The molecule has 1 aliphatic carbocycles. The van der Waals surface area contributed by atoms with Crippen molar-refractivity contribution in [3.8, 4) is 0 Å². The standard InChI is InChI=1S/C13H20N2O2/c1-4-9(3)15-12(10-6-7-10)11(8-14-15)13(16)17-5-2/h8-10H,4-7H2,1-3H3. The molecule has 0 aromatic carbocycles. The van der Waals surface area contributed by atoms with Crippen LogP contribution in [-0.2, 0) is 4.74 Å². The van der Waals surface area contributed by atoms with Gasteiger partial charge in [-0.1, -0.05) is 6.92 Å². The van der Waals surface area contributed by atoms with Gasteiger partial charge in [0.1, 0.15) is 5.56 Å². The van der Waals surface area contributed by atoms with Gasteiger partial charge in [0.2, 0.25) is 0 Å². The van der Waals surface area contributed by atoms with E-state index >= 15 is 0 Å². The van der Waals surface area contributed by atoms with Crippen LogP contribution < -0.4 is 0 Å². The summed E-state index contributed by atoms with van der Waals surface area (Å²) < 4.78 is 7.08. The van der Waals surface area contributed by atoms with Gasteiger partial charge >= 0.3 is 5.97 Å². The molecule has 0 spiro atoms. The minimum Gasteiger partial charge on any atom is -0.462 e. The lowest BCUT2D eigenvalue weighted by Gasteiger charge is -2.14. The number of hydrogen-bond acceptors (Lipinski definition) is 3. The summed E-state index contributed by atoms with van der Waals surface area (Å²) in [5.41, 5.74) is 1.74. The summed E-state index contributed by atoms with van der Waals surface area (Å²) in [4.78, 5) is 11.8. The molecule has 1 fully saturated rings. The third-order valence-electron chi connectivity index (χ3n) is 3.30. The van der Waals surface area contributed by atoms with Crippen LogP contribution in [0.25, 0.3) is 0 Å². The van der Waals surface area contributed by atoms with E-state index in [0.29, 0.717) is 24.1 Å². The van der Waals surface area contributed by atoms with E-state index in [1.165, 1.54) is 0 Å². The van der Waals surface area contributed by atoms with E-state index in [0.717, 1.165) is 25.0 Å². The molecule has 17 heavy (non-hydrogen) atoms. The van der Waals surface area contributed by atoms with E-state index in [1.807, 2.05) is 11.6 Å². The molecule has 0 aliphatic heterocycles. The Bertz CT molecular complexity index is 408. The fraction of sp³-hybridized carbons (Fsp3) is 0.692. The summed E-state index contributed by atoms with van der Waals surface area (Å²) in [6, 6.07) is 0.341. The van der Waals surface area contributed by atoms with Crippen molar-refractivity contribution in [2.45, 2.75) is 52.0 Å². The zero-order chi connectivity index (χ0) is 12.4. The molecular weight excluding hydrogens is 216 g/mol. The number of carbonyl (C=O) groups excluding carboxylic acids is 1. The molecule has 4 nitrogen and oxygen atoms in total. The van der Waals surface area contributed by atoms with Gasteiger partial charge in [0.15, 0.2) is 0 Å². The quantitative estimate of drug-likeness (QED) is 0.738. The van der Waals surface area contributed by atoms with E-state index in [2.05, 4.69) is 18.9 Å². The Morgan fingerprint density at radius 3 is 2.82 bits per heavy atom. The molecule has 0 N–H and O–H groups in total. The molecule has 1 aliphatic rings. The summed E-state index contributed by atoms with van der Waals surface area (Å²) in [5.74, 6) is 0.273. The van der Waals surface area contributed by atoms with Crippen LogP contribution in [0.4, 0.5) is 0 Å². The Morgan fingerprint density at radius 2 is 2.29 bits per heavy atom. The van der Waals surface area contributed by atoms with Gasteiger partial charge in [-0.15, -0.1) is 0 Å². The average Bonchev–Trinajstić information content (AvgIpc) is 3.07. The van der Waals surface area contributed by atoms with Gasteiger partial charge in [-0.05, 0) is 33.1 Å². The third kappa shape index (κ3) is 2.35. The van der Waals surface area contributed by atoms with Gasteiger partial charge < -0.3 is 4.74 Å². The number of nitrogens with zero attached hydrogens (tertiary/aromatic N) is 2. The molecule has 1 aromatic rings. The molecule has 2 rings (SSSR count). The summed E-state index contributed by atoms with van der Waals surface area (Å²) in [7, 11) is 0. The van der Waals surface area contributed by atoms with Gasteiger partial charge in [0, 0.05) is 12.0 Å². The predicted molar refractivity (Wildman–Crippen MR) is 65.2 cm³/mol. The summed E-state index contributed by atoms with van der Waals surface area (Å²) >= 11 is 0. The molecule has 94 valence electrons. The lowest BCUT2D eigenvalue weighted by atomic mass is 10.1. The molecule has 1 aromatic heterocycles. The normalized spacial score (nSPS) is 16.9. The predicted octanol–water partition coefficient (Wildman–Crippen LogP) is 2.91. The average molecular weight is 236 g/mol. The van der Waals surface area contributed by atoms with Crippen molar-refractivity contribution in [3.05, 3.63) is 17.5 Å². The SMILES string of the molecule is CCOC(=O)c1cnn(C(C)CC)c1C1CC1. The second-order valence-electron chi connectivity index (χ2n) is 4.64. The van der Waals surface area contributed by atoms with Crippen LogP contribution in [0.15, 0.2) is 6.20 Å². The maximum Gasteiger partial charge on any atom is 0.341 e. The van der Waals surface area contributed by atoms with Crippen molar-refractivity contribution in [2.75, 3.05) is 6.61 Å². The van der Waals surface area contributed by atoms with Crippen LogP contribution in [0.3, 0.4) is 0 Å². The van der Waals surface area contributed by atoms with E-state index in [-0.39, 0.29) is 5.97 Å². The Balaban J connectivity index is 2.33. The first-order valence-corrected chi connectivity index (χ1v) is 6.43. The maximum atomic E-state index is 11.8. The fourth-order valence-corrected chi connectivity index (χ4v) is 2.03.